The molecular formula is C14H18N4. The fraction of sp³-hybridized carbons (Fsp3) is 0.429. The van der Waals surface area contributed by atoms with Crippen LogP contribution in [0.25, 0.3) is 11.4 Å². The molecule has 0 bridgehead atoms. The second-order valence-electron chi connectivity index (χ2n) is 4.65. The van der Waals surface area contributed by atoms with Gasteiger partial charge in [-0.2, -0.15) is 0 Å². The molecule has 2 aromatic rings. The smallest absolute Gasteiger partial charge is 0.110 e. The van der Waals surface area contributed by atoms with Crippen molar-refractivity contribution in [2.45, 2.75) is 25.8 Å². The zero-order valence-corrected chi connectivity index (χ0v) is 10.7. The summed E-state index contributed by atoms with van der Waals surface area (Å²) in [5.41, 5.74) is 3.44. The summed E-state index contributed by atoms with van der Waals surface area (Å²) in [5, 5.41) is 3.19. The number of nitrogens with zero attached hydrogens (tertiary/aromatic N) is 3. The number of hydrogen-bond donors (Lipinski definition) is 1. The van der Waals surface area contributed by atoms with Gasteiger partial charge in [0, 0.05) is 31.4 Å². The molecule has 0 amide bonds. The Morgan fingerprint density at radius 2 is 2.33 bits per heavy atom. The van der Waals surface area contributed by atoms with Gasteiger partial charge in [-0.15, -0.1) is 0 Å². The van der Waals surface area contributed by atoms with Crippen molar-refractivity contribution in [3.8, 4) is 11.4 Å². The zero-order chi connectivity index (χ0) is 12.4. The van der Waals surface area contributed by atoms with Crippen molar-refractivity contribution in [2.75, 3.05) is 13.6 Å². The van der Waals surface area contributed by atoms with E-state index in [4.69, 9.17) is 4.98 Å². The Morgan fingerprint density at radius 3 is 3.11 bits per heavy atom. The Labute approximate surface area is 107 Å². The van der Waals surface area contributed by atoms with E-state index < -0.39 is 0 Å². The van der Waals surface area contributed by atoms with Crippen molar-refractivity contribution >= 4 is 0 Å². The van der Waals surface area contributed by atoms with Gasteiger partial charge in [-0.3, -0.25) is 4.98 Å². The highest BCUT2D eigenvalue weighted by Gasteiger charge is 2.22. The molecule has 0 atom stereocenters. The Bertz CT molecular complexity index is 530. The summed E-state index contributed by atoms with van der Waals surface area (Å²) >= 11 is 0. The van der Waals surface area contributed by atoms with E-state index in [-0.39, 0.29) is 0 Å². The van der Waals surface area contributed by atoms with E-state index in [9.17, 15) is 0 Å². The van der Waals surface area contributed by atoms with Gasteiger partial charge in [0.2, 0.25) is 0 Å². The normalized spacial score (nSPS) is 13.8. The van der Waals surface area contributed by atoms with Gasteiger partial charge < -0.3 is 9.88 Å². The van der Waals surface area contributed by atoms with E-state index in [1.54, 1.807) is 0 Å². The summed E-state index contributed by atoms with van der Waals surface area (Å²) in [6.45, 7) is 2.08. The molecule has 0 saturated heterocycles. The van der Waals surface area contributed by atoms with Gasteiger partial charge in [0.05, 0.1) is 5.69 Å². The third-order valence-electron chi connectivity index (χ3n) is 3.45. The van der Waals surface area contributed by atoms with Crippen LogP contribution in [0, 0.1) is 0 Å². The summed E-state index contributed by atoms with van der Waals surface area (Å²) in [4.78, 5) is 9.23. The number of fused-ring (bicyclic) bond motifs is 1. The van der Waals surface area contributed by atoms with E-state index in [1.807, 2.05) is 31.4 Å². The summed E-state index contributed by atoms with van der Waals surface area (Å²) in [6, 6.07) is 6.02. The van der Waals surface area contributed by atoms with Crippen LogP contribution in [0.15, 0.2) is 24.4 Å². The molecule has 3 heterocycles. The van der Waals surface area contributed by atoms with Crippen molar-refractivity contribution in [3.05, 3.63) is 35.9 Å². The minimum absolute atomic E-state index is 0.970. The van der Waals surface area contributed by atoms with Crippen molar-refractivity contribution in [2.24, 2.45) is 0 Å². The zero-order valence-electron chi connectivity index (χ0n) is 10.7. The largest absolute Gasteiger partial charge is 0.331 e. The summed E-state index contributed by atoms with van der Waals surface area (Å²) < 4.78 is 2.38. The second kappa shape index (κ2) is 4.90. The maximum atomic E-state index is 4.80. The molecule has 0 aliphatic carbocycles. The lowest BCUT2D eigenvalue weighted by Gasteiger charge is -2.02. The topological polar surface area (TPSA) is 42.7 Å². The van der Waals surface area contributed by atoms with Crippen LogP contribution in [0.3, 0.4) is 0 Å². The van der Waals surface area contributed by atoms with Gasteiger partial charge in [0.1, 0.15) is 11.5 Å². The molecule has 1 aliphatic heterocycles. The maximum absolute atomic E-state index is 4.80. The first-order valence-corrected chi connectivity index (χ1v) is 6.54. The highest BCUT2D eigenvalue weighted by atomic mass is 15.1. The number of rotatable bonds is 4. The molecule has 1 N–H and O–H groups in total. The Balaban J connectivity index is 2.01. The van der Waals surface area contributed by atoms with Crippen molar-refractivity contribution in [3.63, 3.8) is 0 Å². The van der Waals surface area contributed by atoms with E-state index in [0.29, 0.717) is 0 Å². The molecule has 4 nitrogen and oxygen atoms in total. The summed E-state index contributed by atoms with van der Waals surface area (Å²) in [5.74, 6) is 1.19. The number of likely N-dealkylation sites (N-methyl/N-ethyl adjacent to an activating group) is 1. The third kappa shape index (κ3) is 1.93. The molecule has 0 aromatic carbocycles. The molecule has 2 aromatic heterocycles. The Hall–Kier alpha value is -1.68. The highest BCUT2D eigenvalue weighted by Crippen LogP contribution is 2.28. The lowest BCUT2D eigenvalue weighted by molar-refractivity contribution is 0.663. The van der Waals surface area contributed by atoms with Gasteiger partial charge in [-0.05, 0) is 32.0 Å². The first-order valence-electron chi connectivity index (χ1n) is 6.54. The average Bonchev–Trinajstić information content (AvgIpc) is 3.00. The van der Waals surface area contributed by atoms with Gasteiger partial charge in [-0.25, -0.2) is 4.98 Å². The van der Waals surface area contributed by atoms with Gasteiger partial charge in [0.25, 0.3) is 0 Å². The number of pyridine rings is 1. The predicted molar refractivity (Wildman–Crippen MR) is 71.4 cm³/mol. The molecule has 0 radical (unpaired) electrons. The molecule has 0 spiro atoms. The van der Waals surface area contributed by atoms with Crippen LogP contribution in [-0.4, -0.2) is 28.1 Å². The molecule has 4 heteroatoms. The molecule has 0 fully saturated rings. The van der Waals surface area contributed by atoms with E-state index in [1.165, 1.54) is 17.9 Å². The fourth-order valence-electron chi connectivity index (χ4n) is 2.60. The number of hydrogen-bond acceptors (Lipinski definition) is 3. The van der Waals surface area contributed by atoms with Crippen LogP contribution < -0.4 is 5.32 Å². The summed E-state index contributed by atoms with van der Waals surface area (Å²) in [6.07, 6.45) is 5.17. The molecule has 0 unspecified atom stereocenters. The van der Waals surface area contributed by atoms with E-state index in [2.05, 4.69) is 14.9 Å². The van der Waals surface area contributed by atoms with Crippen LogP contribution in [0.5, 0.6) is 0 Å². The summed E-state index contributed by atoms with van der Waals surface area (Å²) in [7, 11) is 1.98. The van der Waals surface area contributed by atoms with Gasteiger partial charge in [0.15, 0.2) is 0 Å². The molecular weight excluding hydrogens is 224 g/mol. The molecule has 1 aliphatic rings. The first kappa shape index (κ1) is 11.4. The quantitative estimate of drug-likeness (QED) is 0.886. The van der Waals surface area contributed by atoms with Crippen LogP contribution in [0.4, 0.5) is 0 Å². The fourth-order valence-corrected chi connectivity index (χ4v) is 2.60. The predicted octanol–water partition coefficient (Wildman–Crippen LogP) is 1.65. The maximum Gasteiger partial charge on any atom is 0.110 e. The van der Waals surface area contributed by atoms with Crippen LogP contribution in [-0.2, 0) is 19.4 Å². The number of imidazole rings is 1. The number of nitrogens with one attached hydrogen (secondary N) is 1. The minimum Gasteiger partial charge on any atom is -0.331 e. The minimum atomic E-state index is 0.970. The highest BCUT2D eigenvalue weighted by molar-refractivity contribution is 5.58. The van der Waals surface area contributed by atoms with E-state index >= 15 is 0 Å². The molecule has 3 rings (SSSR count). The first-order chi connectivity index (χ1) is 8.90. The Kier molecular flexibility index (Phi) is 3.11. The molecule has 94 valence electrons. The Morgan fingerprint density at radius 1 is 1.39 bits per heavy atom. The number of aromatic nitrogens is 3. The SMILES string of the molecule is CNCCc1nc(-c2ccccn2)c2n1CCC2. The lowest BCUT2D eigenvalue weighted by Crippen LogP contribution is -2.13. The monoisotopic (exact) mass is 242 g/mol. The van der Waals surface area contributed by atoms with Gasteiger partial charge in [-0.1, -0.05) is 6.07 Å². The van der Waals surface area contributed by atoms with Crippen LogP contribution in [0.1, 0.15) is 17.9 Å². The molecule has 0 saturated carbocycles. The van der Waals surface area contributed by atoms with Crippen LogP contribution in [0.2, 0.25) is 0 Å². The molecule has 18 heavy (non-hydrogen) atoms. The second-order valence-corrected chi connectivity index (χ2v) is 4.65. The van der Waals surface area contributed by atoms with Crippen LogP contribution >= 0.6 is 0 Å². The van der Waals surface area contributed by atoms with E-state index in [0.717, 1.165) is 37.3 Å². The van der Waals surface area contributed by atoms with Gasteiger partial charge >= 0.3 is 0 Å². The van der Waals surface area contributed by atoms with Crippen molar-refractivity contribution in [1.82, 2.24) is 19.9 Å². The van der Waals surface area contributed by atoms with Crippen molar-refractivity contribution in [1.29, 1.82) is 0 Å². The van der Waals surface area contributed by atoms with Crippen molar-refractivity contribution < 1.29 is 0 Å². The average molecular weight is 242 g/mol. The standard InChI is InChI=1S/C14H18N4/c1-15-9-7-13-17-14(11-5-2-3-8-16-11)12-6-4-10-18(12)13/h2-3,5,8,15H,4,6-7,9-10H2,1H3. The third-order valence-corrected chi connectivity index (χ3v) is 3.45. The lowest BCUT2D eigenvalue weighted by atomic mass is 10.2.